The first-order chi connectivity index (χ1) is 11.3. The van der Waals surface area contributed by atoms with Crippen LogP contribution in [0.25, 0.3) is 5.65 Å². The molecule has 4 rings (SSSR count). The smallest absolute Gasteiger partial charge is 0.161 e. The molecule has 0 bridgehead atoms. The normalized spacial score (nSPS) is 13.4. The molecular weight excluding hydrogens is 290 g/mol. The number of rotatable bonds is 4. The second-order valence-corrected chi connectivity index (χ2v) is 5.74. The van der Waals surface area contributed by atoms with Gasteiger partial charge in [-0.15, -0.1) is 0 Å². The van der Waals surface area contributed by atoms with Crippen molar-refractivity contribution in [2.24, 2.45) is 0 Å². The van der Waals surface area contributed by atoms with Crippen LogP contribution in [-0.4, -0.2) is 22.6 Å². The minimum atomic E-state index is 0.616. The number of hydrogen-bond donors (Lipinski definition) is 1. The second-order valence-electron chi connectivity index (χ2n) is 5.74. The monoisotopic (exact) mass is 309 g/mol. The van der Waals surface area contributed by atoms with Gasteiger partial charge in [0.2, 0.25) is 0 Å². The maximum atomic E-state index is 5.61. The Labute approximate surface area is 134 Å². The average molecular weight is 309 g/mol. The molecule has 1 N–H and O–H groups in total. The highest BCUT2D eigenvalue weighted by molar-refractivity contribution is 5.48. The summed E-state index contributed by atoms with van der Waals surface area (Å²) in [7, 11) is 0. The number of nitrogens with one attached hydrogen (secondary N) is 1. The third kappa shape index (κ3) is 2.87. The highest BCUT2D eigenvalue weighted by atomic mass is 16.6. The number of nitrogens with zero attached hydrogens (tertiary/aromatic N) is 2. The van der Waals surface area contributed by atoms with Crippen LogP contribution in [0.5, 0.6) is 11.5 Å². The SMILES string of the molecule is Cc1cccn2cc(CNCc3ccc4c(c3)OCCO4)nc12. The molecule has 1 aliphatic heterocycles. The lowest BCUT2D eigenvalue weighted by Gasteiger charge is -2.18. The zero-order valence-corrected chi connectivity index (χ0v) is 13.1. The number of pyridine rings is 1. The molecule has 0 aliphatic carbocycles. The molecule has 3 aromatic rings. The number of ether oxygens (including phenoxy) is 2. The van der Waals surface area contributed by atoms with E-state index in [1.807, 2.05) is 24.4 Å². The summed E-state index contributed by atoms with van der Waals surface area (Å²) in [4.78, 5) is 4.67. The maximum absolute atomic E-state index is 5.61. The Kier molecular flexibility index (Phi) is 3.63. The van der Waals surface area contributed by atoms with Crippen LogP contribution in [0.15, 0.2) is 42.7 Å². The minimum Gasteiger partial charge on any atom is -0.486 e. The molecule has 5 heteroatoms. The molecule has 2 aromatic heterocycles. The summed E-state index contributed by atoms with van der Waals surface area (Å²) in [5.74, 6) is 1.66. The molecule has 118 valence electrons. The molecule has 23 heavy (non-hydrogen) atoms. The van der Waals surface area contributed by atoms with Crippen molar-refractivity contribution in [1.29, 1.82) is 0 Å². The van der Waals surface area contributed by atoms with E-state index in [1.54, 1.807) is 0 Å². The van der Waals surface area contributed by atoms with Crippen LogP contribution in [0, 0.1) is 6.92 Å². The van der Waals surface area contributed by atoms with Gasteiger partial charge in [-0.1, -0.05) is 12.1 Å². The molecule has 1 aromatic carbocycles. The van der Waals surface area contributed by atoms with E-state index in [0.29, 0.717) is 13.2 Å². The molecule has 0 spiro atoms. The fourth-order valence-electron chi connectivity index (χ4n) is 2.82. The highest BCUT2D eigenvalue weighted by Crippen LogP contribution is 2.30. The Bertz CT molecular complexity index is 841. The summed E-state index contributed by atoms with van der Waals surface area (Å²) >= 11 is 0. The van der Waals surface area contributed by atoms with Crippen molar-refractivity contribution in [2.75, 3.05) is 13.2 Å². The van der Waals surface area contributed by atoms with E-state index in [-0.39, 0.29) is 0 Å². The van der Waals surface area contributed by atoms with Gasteiger partial charge in [0.1, 0.15) is 18.9 Å². The van der Waals surface area contributed by atoms with Crippen molar-refractivity contribution in [3.05, 3.63) is 59.5 Å². The molecular formula is C18H19N3O2. The van der Waals surface area contributed by atoms with Crippen LogP contribution >= 0.6 is 0 Å². The highest BCUT2D eigenvalue weighted by Gasteiger charge is 2.11. The van der Waals surface area contributed by atoms with Crippen LogP contribution in [0.1, 0.15) is 16.8 Å². The van der Waals surface area contributed by atoms with Gasteiger partial charge in [-0.2, -0.15) is 0 Å². The third-order valence-corrected chi connectivity index (χ3v) is 3.97. The summed E-state index contributed by atoms with van der Waals surface area (Å²) < 4.78 is 13.2. The first-order valence-electron chi connectivity index (χ1n) is 7.82. The lowest BCUT2D eigenvalue weighted by molar-refractivity contribution is 0.171. The summed E-state index contributed by atoms with van der Waals surface area (Å²) in [5, 5.41) is 3.43. The quantitative estimate of drug-likeness (QED) is 0.805. The van der Waals surface area contributed by atoms with E-state index in [4.69, 9.17) is 9.47 Å². The summed E-state index contributed by atoms with van der Waals surface area (Å²) in [6.45, 7) is 4.82. The number of fused-ring (bicyclic) bond motifs is 2. The molecule has 0 saturated carbocycles. The number of aromatic nitrogens is 2. The molecule has 5 nitrogen and oxygen atoms in total. The van der Waals surface area contributed by atoms with Crippen LogP contribution in [0.4, 0.5) is 0 Å². The van der Waals surface area contributed by atoms with E-state index < -0.39 is 0 Å². The van der Waals surface area contributed by atoms with E-state index in [2.05, 4.69) is 40.0 Å². The molecule has 0 atom stereocenters. The molecule has 1 aliphatic rings. The number of benzene rings is 1. The van der Waals surface area contributed by atoms with Crippen LogP contribution in [0.2, 0.25) is 0 Å². The van der Waals surface area contributed by atoms with Crippen LogP contribution < -0.4 is 14.8 Å². The summed E-state index contributed by atoms with van der Waals surface area (Å²) in [6.07, 6.45) is 4.10. The van der Waals surface area contributed by atoms with Gasteiger partial charge in [-0.05, 0) is 36.2 Å². The lowest BCUT2D eigenvalue weighted by Crippen LogP contribution is -2.16. The Morgan fingerprint density at radius 3 is 2.87 bits per heavy atom. The van der Waals surface area contributed by atoms with E-state index in [9.17, 15) is 0 Å². The Morgan fingerprint density at radius 1 is 1.13 bits per heavy atom. The van der Waals surface area contributed by atoms with Crippen LogP contribution in [-0.2, 0) is 13.1 Å². The predicted octanol–water partition coefficient (Wildman–Crippen LogP) is 2.70. The standard InChI is InChI=1S/C18H19N3O2/c1-13-3-2-6-21-12-15(20-18(13)21)11-19-10-14-4-5-16-17(9-14)23-8-7-22-16/h2-6,9,12,19H,7-8,10-11H2,1H3. The largest absolute Gasteiger partial charge is 0.486 e. The zero-order valence-electron chi connectivity index (χ0n) is 13.1. The molecule has 0 radical (unpaired) electrons. The topological polar surface area (TPSA) is 47.8 Å². The van der Waals surface area contributed by atoms with Gasteiger partial charge in [0.15, 0.2) is 11.5 Å². The average Bonchev–Trinajstić information content (AvgIpc) is 2.99. The third-order valence-electron chi connectivity index (χ3n) is 3.97. The Morgan fingerprint density at radius 2 is 2.00 bits per heavy atom. The van der Waals surface area contributed by atoms with Gasteiger partial charge in [-0.25, -0.2) is 4.98 Å². The molecule has 0 saturated heterocycles. The fraction of sp³-hybridized carbons (Fsp3) is 0.278. The van der Waals surface area contributed by atoms with Gasteiger partial charge in [0, 0.05) is 25.5 Å². The molecule has 0 unspecified atom stereocenters. The second kappa shape index (κ2) is 5.93. The Hall–Kier alpha value is -2.53. The summed E-state index contributed by atoms with van der Waals surface area (Å²) in [5.41, 5.74) is 4.42. The Balaban J connectivity index is 1.42. The predicted molar refractivity (Wildman–Crippen MR) is 87.9 cm³/mol. The molecule has 3 heterocycles. The first-order valence-corrected chi connectivity index (χ1v) is 7.82. The van der Waals surface area contributed by atoms with Crippen molar-refractivity contribution in [3.8, 4) is 11.5 Å². The van der Waals surface area contributed by atoms with Crippen molar-refractivity contribution < 1.29 is 9.47 Å². The zero-order chi connectivity index (χ0) is 15.6. The number of imidazole rings is 1. The first kappa shape index (κ1) is 14.1. The van der Waals surface area contributed by atoms with Gasteiger partial charge in [0.05, 0.1) is 5.69 Å². The van der Waals surface area contributed by atoms with E-state index >= 15 is 0 Å². The van der Waals surface area contributed by atoms with E-state index in [0.717, 1.165) is 35.9 Å². The van der Waals surface area contributed by atoms with Crippen molar-refractivity contribution in [2.45, 2.75) is 20.0 Å². The van der Waals surface area contributed by atoms with Crippen LogP contribution in [0.3, 0.4) is 0 Å². The van der Waals surface area contributed by atoms with Crippen molar-refractivity contribution in [3.63, 3.8) is 0 Å². The van der Waals surface area contributed by atoms with Gasteiger partial charge < -0.3 is 19.2 Å². The minimum absolute atomic E-state index is 0.616. The van der Waals surface area contributed by atoms with E-state index in [1.165, 1.54) is 11.1 Å². The number of aryl methyl sites for hydroxylation is 1. The lowest BCUT2D eigenvalue weighted by atomic mass is 10.2. The summed E-state index contributed by atoms with van der Waals surface area (Å²) in [6, 6.07) is 10.2. The molecule has 0 amide bonds. The maximum Gasteiger partial charge on any atom is 0.161 e. The van der Waals surface area contributed by atoms with Crippen molar-refractivity contribution >= 4 is 5.65 Å². The van der Waals surface area contributed by atoms with Gasteiger partial charge in [-0.3, -0.25) is 0 Å². The van der Waals surface area contributed by atoms with Gasteiger partial charge >= 0.3 is 0 Å². The van der Waals surface area contributed by atoms with Gasteiger partial charge in [0.25, 0.3) is 0 Å². The molecule has 0 fully saturated rings. The van der Waals surface area contributed by atoms with Crippen molar-refractivity contribution in [1.82, 2.24) is 14.7 Å². The fourth-order valence-corrected chi connectivity index (χ4v) is 2.82. The number of hydrogen-bond acceptors (Lipinski definition) is 4.